The molecule has 0 saturated carbocycles. The van der Waals surface area contributed by atoms with E-state index < -0.39 is 46.1 Å². The summed E-state index contributed by atoms with van der Waals surface area (Å²) in [7, 11) is 6.42. The third-order valence-electron chi connectivity index (χ3n) is 5.26. The van der Waals surface area contributed by atoms with Gasteiger partial charge in [-0.05, 0) is 23.1 Å². The van der Waals surface area contributed by atoms with Crippen LogP contribution in [0.5, 0.6) is 0 Å². The van der Waals surface area contributed by atoms with Gasteiger partial charge < -0.3 is 4.57 Å². The van der Waals surface area contributed by atoms with Crippen LogP contribution in [0.15, 0.2) is 37.5 Å². The van der Waals surface area contributed by atoms with Gasteiger partial charge in [-0.1, -0.05) is 0 Å². The van der Waals surface area contributed by atoms with Crippen molar-refractivity contribution in [1.29, 1.82) is 0 Å². The Labute approximate surface area is 200 Å². The summed E-state index contributed by atoms with van der Waals surface area (Å²) in [5.41, 5.74) is -3.47. The zero-order chi connectivity index (χ0) is 25.8. The Kier molecular flexibility index (Phi) is 6.13. The second-order valence-electron chi connectivity index (χ2n) is 7.44. The molecule has 0 atom stereocenters. The first-order chi connectivity index (χ1) is 16.3. The Morgan fingerprint density at radius 1 is 1.09 bits per heavy atom. The van der Waals surface area contributed by atoms with Crippen LogP contribution in [0.2, 0.25) is 0 Å². The van der Waals surface area contributed by atoms with Gasteiger partial charge in [0.25, 0.3) is 11.5 Å². The van der Waals surface area contributed by atoms with Crippen LogP contribution in [0.1, 0.15) is 11.1 Å². The number of aryl methyl sites for hydroxylation is 1. The number of aromatic nitrogens is 3. The lowest BCUT2D eigenvalue weighted by Crippen LogP contribution is -2.36. The molecule has 3 heterocycles. The smallest absolute Gasteiger partial charge is 0.314 e. The van der Waals surface area contributed by atoms with Crippen LogP contribution in [0.3, 0.4) is 0 Å². The van der Waals surface area contributed by atoms with Gasteiger partial charge in [0.1, 0.15) is 22.0 Å². The molecule has 183 valence electrons. The summed E-state index contributed by atoms with van der Waals surface area (Å²) in [6, 6.07) is 1.34. The molecule has 0 aliphatic rings. The van der Waals surface area contributed by atoms with E-state index in [1.165, 1.54) is 24.0 Å². The van der Waals surface area contributed by atoms with Gasteiger partial charge in [0.15, 0.2) is 4.80 Å². The molecule has 0 saturated heterocycles. The molecule has 35 heavy (non-hydrogen) atoms. The molecule has 1 radical (unpaired) electrons. The van der Waals surface area contributed by atoms with E-state index in [0.717, 1.165) is 37.9 Å². The Balaban J connectivity index is 1.73. The van der Waals surface area contributed by atoms with Gasteiger partial charge in [0, 0.05) is 32.1 Å². The topological polar surface area (TPSA) is 78.4 Å². The molecular formula is C21H14F5N4O3S2. The van der Waals surface area contributed by atoms with Crippen molar-refractivity contribution >= 4 is 38.8 Å². The predicted octanol–water partition coefficient (Wildman–Crippen LogP) is 3.44. The molecule has 0 N–H and O–H groups in total. The molecule has 1 aromatic carbocycles. The lowest BCUT2D eigenvalue weighted by Gasteiger charge is -2.12. The average Bonchev–Trinajstić information content (AvgIpc) is 3.34. The summed E-state index contributed by atoms with van der Waals surface area (Å²) in [6.45, 7) is 0. The van der Waals surface area contributed by atoms with Crippen molar-refractivity contribution in [2.45, 2.75) is 12.6 Å². The summed E-state index contributed by atoms with van der Waals surface area (Å²) < 4.78 is 70.6. The lowest BCUT2D eigenvalue weighted by atomic mass is 10.1. The quantitative estimate of drug-likeness (QED) is 0.382. The summed E-state index contributed by atoms with van der Waals surface area (Å²) in [5.74, 6) is -4.27. The molecule has 1 amide bonds. The van der Waals surface area contributed by atoms with Crippen molar-refractivity contribution in [3.05, 3.63) is 78.3 Å². The minimum absolute atomic E-state index is 0.0536. The molecule has 0 aliphatic carbocycles. The molecule has 0 aliphatic heterocycles. The van der Waals surface area contributed by atoms with Gasteiger partial charge in [-0.3, -0.25) is 18.7 Å². The Morgan fingerprint density at radius 3 is 2.43 bits per heavy atom. The number of amides is 1. The first kappa shape index (κ1) is 24.7. The minimum Gasteiger partial charge on any atom is -0.314 e. The SMILES string of the molecule is [CH2]n1c(-c2ccc(F)c(C(F)(F)F)c2F)cs/c1=N\C(=O)Cc1csc2c1c(=O)n(C)c(=O)n2C. The maximum Gasteiger partial charge on any atom is 0.422 e. The van der Waals surface area contributed by atoms with E-state index in [9.17, 15) is 36.3 Å². The number of nitrogens with zero attached hydrogens (tertiary/aromatic N) is 4. The van der Waals surface area contributed by atoms with Crippen LogP contribution < -0.4 is 16.1 Å². The zero-order valence-electron chi connectivity index (χ0n) is 17.9. The van der Waals surface area contributed by atoms with Crippen molar-refractivity contribution in [1.82, 2.24) is 13.7 Å². The number of benzene rings is 1. The van der Waals surface area contributed by atoms with Crippen LogP contribution in [0.25, 0.3) is 21.5 Å². The highest BCUT2D eigenvalue weighted by atomic mass is 32.1. The van der Waals surface area contributed by atoms with Crippen LogP contribution in [-0.2, 0) is 31.5 Å². The summed E-state index contributed by atoms with van der Waals surface area (Å²) in [6.07, 6.45) is -5.55. The third kappa shape index (κ3) is 4.16. The van der Waals surface area contributed by atoms with Crippen molar-refractivity contribution < 1.29 is 26.7 Å². The summed E-state index contributed by atoms with van der Waals surface area (Å²) >= 11 is 1.93. The molecule has 0 bridgehead atoms. The van der Waals surface area contributed by atoms with Crippen LogP contribution in [-0.4, -0.2) is 19.6 Å². The maximum absolute atomic E-state index is 14.5. The standard InChI is InChI=1S/C21H14F5N4O3S2/c1-28-12(10-4-5-11(22)15(16(10)23)21(24,25)26)8-35-19(28)27-13(31)6-9-7-34-18-14(9)17(32)29(2)20(33)30(18)3/h4-5,7-8H,1,6H2,2-3H3/b27-19-. The van der Waals surface area contributed by atoms with Crippen LogP contribution in [0, 0.1) is 18.7 Å². The second-order valence-corrected chi connectivity index (χ2v) is 9.14. The van der Waals surface area contributed by atoms with E-state index in [2.05, 4.69) is 12.0 Å². The molecular weight excluding hydrogens is 515 g/mol. The zero-order valence-corrected chi connectivity index (χ0v) is 19.6. The first-order valence-corrected chi connectivity index (χ1v) is 11.4. The number of fused-ring (bicyclic) bond motifs is 1. The van der Waals surface area contributed by atoms with E-state index in [4.69, 9.17) is 0 Å². The highest BCUT2D eigenvalue weighted by Gasteiger charge is 2.39. The van der Waals surface area contributed by atoms with E-state index in [1.54, 1.807) is 5.38 Å². The Hall–Kier alpha value is -3.39. The van der Waals surface area contributed by atoms with E-state index in [-0.39, 0.29) is 22.3 Å². The fourth-order valence-corrected chi connectivity index (χ4v) is 5.39. The average molecular weight is 529 g/mol. The van der Waals surface area contributed by atoms with Crippen molar-refractivity contribution in [3.8, 4) is 11.3 Å². The first-order valence-electron chi connectivity index (χ1n) is 9.63. The fraction of sp³-hybridized carbons (Fsp3) is 0.190. The van der Waals surface area contributed by atoms with Crippen molar-refractivity contribution in [3.63, 3.8) is 0 Å². The molecule has 4 rings (SSSR count). The fourth-order valence-electron chi connectivity index (χ4n) is 3.51. The van der Waals surface area contributed by atoms with Crippen LogP contribution in [0.4, 0.5) is 22.0 Å². The van der Waals surface area contributed by atoms with E-state index in [1.807, 2.05) is 0 Å². The normalized spacial score (nSPS) is 12.6. The summed E-state index contributed by atoms with van der Waals surface area (Å²) in [4.78, 5) is 41.5. The van der Waals surface area contributed by atoms with Crippen LogP contribution >= 0.6 is 22.7 Å². The Morgan fingerprint density at radius 2 is 1.77 bits per heavy atom. The lowest BCUT2D eigenvalue weighted by molar-refractivity contribution is -0.142. The largest absolute Gasteiger partial charge is 0.422 e. The maximum atomic E-state index is 14.5. The number of carbonyl (C=O) groups excluding carboxylic acids is 1. The highest BCUT2D eigenvalue weighted by molar-refractivity contribution is 7.17. The van der Waals surface area contributed by atoms with Gasteiger partial charge in [0.2, 0.25) is 0 Å². The molecule has 14 heteroatoms. The highest BCUT2D eigenvalue weighted by Crippen LogP contribution is 2.37. The molecule has 0 fully saturated rings. The van der Waals surface area contributed by atoms with Gasteiger partial charge >= 0.3 is 11.9 Å². The van der Waals surface area contributed by atoms with Gasteiger partial charge in [0.05, 0.1) is 17.5 Å². The molecule has 4 aromatic rings. The predicted molar refractivity (Wildman–Crippen MR) is 120 cm³/mol. The van der Waals surface area contributed by atoms with Gasteiger partial charge in [-0.2, -0.15) is 18.2 Å². The number of hydrogen-bond donors (Lipinski definition) is 0. The number of rotatable bonds is 3. The van der Waals surface area contributed by atoms with E-state index >= 15 is 0 Å². The molecule has 0 spiro atoms. The number of thiophene rings is 1. The number of thiazole rings is 1. The van der Waals surface area contributed by atoms with Gasteiger partial charge in [-0.25, -0.2) is 13.6 Å². The van der Waals surface area contributed by atoms with Crippen molar-refractivity contribution in [2.24, 2.45) is 19.1 Å². The van der Waals surface area contributed by atoms with Gasteiger partial charge in [-0.15, -0.1) is 22.7 Å². The molecule has 3 aromatic heterocycles. The third-order valence-corrected chi connectivity index (χ3v) is 7.22. The number of halogens is 5. The minimum atomic E-state index is -5.25. The molecule has 0 unspecified atom stereocenters. The van der Waals surface area contributed by atoms with E-state index in [0.29, 0.717) is 16.5 Å². The Bertz CT molecular complexity index is 1690. The number of hydrogen-bond acceptors (Lipinski definition) is 5. The van der Waals surface area contributed by atoms with Crippen molar-refractivity contribution in [2.75, 3.05) is 0 Å². The second kappa shape index (κ2) is 8.68. The molecule has 7 nitrogen and oxygen atoms in total. The number of alkyl halides is 3. The number of carbonyl (C=O) groups is 1. The monoisotopic (exact) mass is 529 g/mol. The summed E-state index contributed by atoms with van der Waals surface area (Å²) in [5, 5.41) is 3.00.